The molecule has 1 aliphatic heterocycles. The Morgan fingerprint density at radius 3 is 3.06 bits per heavy atom. The average Bonchev–Trinajstić information content (AvgIpc) is 2.77. The Morgan fingerprint density at radius 2 is 2.35 bits per heavy atom. The summed E-state index contributed by atoms with van der Waals surface area (Å²) in [5.41, 5.74) is 0.746. The van der Waals surface area contributed by atoms with Crippen molar-refractivity contribution < 1.29 is 9.18 Å². The first-order valence-corrected chi connectivity index (χ1v) is 6.92. The minimum absolute atomic E-state index is 0.0950. The summed E-state index contributed by atoms with van der Waals surface area (Å²) in [5, 5.41) is 0.821. The van der Waals surface area contributed by atoms with Crippen molar-refractivity contribution in [1.29, 1.82) is 0 Å². The zero-order valence-corrected chi connectivity index (χ0v) is 11.1. The number of carbonyl (C=O) groups excluding carboxylic acids is 1. The van der Waals surface area contributed by atoms with Crippen molar-refractivity contribution in [1.82, 2.24) is 4.90 Å². The van der Waals surface area contributed by atoms with Gasteiger partial charge in [-0.1, -0.05) is 28.1 Å². The van der Waals surface area contributed by atoms with Crippen molar-refractivity contribution in [3.05, 3.63) is 35.6 Å². The molecule has 1 unspecified atom stereocenters. The molecule has 1 heterocycles. The summed E-state index contributed by atoms with van der Waals surface area (Å²) in [5.74, 6) is -0.189. The second-order valence-corrected chi connectivity index (χ2v) is 4.99. The Morgan fingerprint density at radius 1 is 1.53 bits per heavy atom. The lowest BCUT2D eigenvalue weighted by Gasteiger charge is -2.23. The van der Waals surface area contributed by atoms with E-state index >= 15 is 0 Å². The molecule has 1 amide bonds. The van der Waals surface area contributed by atoms with E-state index in [-0.39, 0.29) is 11.7 Å². The van der Waals surface area contributed by atoms with Crippen LogP contribution in [0.25, 0.3) is 0 Å². The van der Waals surface area contributed by atoms with E-state index < -0.39 is 0 Å². The smallest absolute Gasteiger partial charge is 0.227 e. The highest BCUT2D eigenvalue weighted by atomic mass is 79.9. The molecule has 0 spiro atoms. The van der Waals surface area contributed by atoms with Gasteiger partial charge in [0.05, 0.1) is 6.42 Å². The quantitative estimate of drug-likeness (QED) is 0.786. The van der Waals surface area contributed by atoms with E-state index in [1.54, 1.807) is 12.1 Å². The van der Waals surface area contributed by atoms with Gasteiger partial charge in [0.25, 0.3) is 0 Å². The fourth-order valence-electron chi connectivity index (χ4n) is 2.25. The number of rotatable bonds is 3. The summed E-state index contributed by atoms with van der Waals surface area (Å²) >= 11 is 3.43. The van der Waals surface area contributed by atoms with E-state index in [9.17, 15) is 9.18 Å². The molecule has 2 rings (SSSR count). The molecule has 0 aliphatic carbocycles. The highest BCUT2D eigenvalue weighted by molar-refractivity contribution is 9.09. The van der Waals surface area contributed by atoms with E-state index in [1.165, 1.54) is 12.1 Å². The van der Waals surface area contributed by atoms with Gasteiger partial charge in [-0.15, -0.1) is 0 Å². The normalized spacial score (nSPS) is 19.6. The third kappa shape index (κ3) is 3.06. The van der Waals surface area contributed by atoms with Crippen LogP contribution in [0.5, 0.6) is 0 Å². The summed E-state index contributed by atoms with van der Waals surface area (Å²) < 4.78 is 13.0. The molecule has 17 heavy (non-hydrogen) atoms. The fraction of sp³-hybridized carbons (Fsp3) is 0.462. The Bertz CT molecular complexity index is 410. The van der Waals surface area contributed by atoms with Gasteiger partial charge in [0, 0.05) is 17.9 Å². The molecular formula is C13H15BrFNO. The second-order valence-electron chi connectivity index (χ2n) is 4.34. The first kappa shape index (κ1) is 12.6. The minimum atomic E-state index is -0.284. The van der Waals surface area contributed by atoms with E-state index in [2.05, 4.69) is 15.9 Å². The number of benzene rings is 1. The third-order valence-electron chi connectivity index (χ3n) is 3.12. The summed E-state index contributed by atoms with van der Waals surface area (Å²) in [7, 11) is 0. The van der Waals surface area contributed by atoms with Crippen LogP contribution in [-0.4, -0.2) is 28.7 Å². The van der Waals surface area contributed by atoms with Crippen LogP contribution in [0.1, 0.15) is 18.4 Å². The maximum Gasteiger partial charge on any atom is 0.227 e. The van der Waals surface area contributed by atoms with E-state index in [4.69, 9.17) is 0 Å². The van der Waals surface area contributed by atoms with Crippen LogP contribution in [0, 0.1) is 5.82 Å². The molecule has 0 N–H and O–H groups in total. The predicted molar refractivity (Wildman–Crippen MR) is 68.6 cm³/mol. The van der Waals surface area contributed by atoms with Gasteiger partial charge in [0.1, 0.15) is 5.82 Å². The largest absolute Gasteiger partial charge is 0.339 e. The molecule has 1 fully saturated rings. The lowest BCUT2D eigenvalue weighted by atomic mass is 10.1. The molecule has 0 saturated carbocycles. The number of hydrogen-bond donors (Lipinski definition) is 0. The maximum absolute atomic E-state index is 13.0. The van der Waals surface area contributed by atoms with Crippen molar-refractivity contribution >= 4 is 21.8 Å². The van der Waals surface area contributed by atoms with Gasteiger partial charge >= 0.3 is 0 Å². The second kappa shape index (κ2) is 5.63. The molecular weight excluding hydrogens is 285 g/mol. The average molecular weight is 300 g/mol. The molecule has 1 aliphatic rings. The Labute approximate surface area is 109 Å². The first-order chi connectivity index (χ1) is 8.20. The van der Waals surface area contributed by atoms with E-state index in [1.807, 2.05) is 4.90 Å². The summed E-state index contributed by atoms with van der Waals surface area (Å²) in [6.07, 6.45) is 2.41. The molecule has 0 bridgehead atoms. The van der Waals surface area contributed by atoms with E-state index in [0.717, 1.165) is 30.3 Å². The van der Waals surface area contributed by atoms with Crippen LogP contribution in [0.15, 0.2) is 24.3 Å². The zero-order valence-electron chi connectivity index (χ0n) is 9.53. The van der Waals surface area contributed by atoms with Crippen molar-refractivity contribution in [2.24, 2.45) is 0 Å². The van der Waals surface area contributed by atoms with Gasteiger partial charge in [-0.25, -0.2) is 4.39 Å². The Balaban J connectivity index is 2.01. The van der Waals surface area contributed by atoms with Crippen LogP contribution in [0.3, 0.4) is 0 Å². The van der Waals surface area contributed by atoms with E-state index in [0.29, 0.717) is 12.5 Å². The number of likely N-dealkylation sites (tertiary alicyclic amines) is 1. The van der Waals surface area contributed by atoms with Crippen molar-refractivity contribution in [3.8, 4) is 0 Å². The van der Waals surface area contributed by atoms with Gasteiger partial charge in [0.2, 0.25) is 5.91 Å². The standard InChI is InChI=1S/C13H15BrFNO/c14-9-12-5-2-6-16(12)13(17)8-10-3-1-4-11(15)7-10/h1,3-4,7,12H,2,5-6,8-9H2. The molecule has 1 aromatic carbocycles. The van der Waals surface area contributed by atoms with Gasteiger partial charge < -0.3 is 4.90 Å². The van der Waals surface area contributed by atoms with Gasteiger partial charge in [-0.2, -0.15) is 0 Å². The number of nitrogens with zero attached hydrogens (tertiary/aromatic N) is 1. The summed E-state index contributed by atoms with van der Waals surface area (Å²) in [4.78, 5) is 14.0. The summed E-state index contributed by atoms with van der Waals surface area (Å²) in [6.45, 7) is 0.824. The zero-order chi connectivity index (χ0) is 12.3. The van der Waals surface area contributed by atoms with Crippen molar-refractivity contribution in [2.75, 3.05) is 11.9 Å². The lowest BCUT2D eigenvalue weighted by molar-refractivity contribution is -0.130. The van der Waals surface area contributed by atoms with Crippen LogP contribution in [0.4, 0.5) is 4.39 Å². The number of carbonyl (C=O) groups is 1. The lowest BCUT2D eigenvalue weighted by Crippen LogP contribution is -2.37. The van der Waals surface area contributed by atoms with Gasteiger partial charge in [-0.3, -0.25) is 4.79 Å². The van der Waals surface area contributed by atoms with Crippen LogP contribution in [-0.2, 0) is 11.2 Å². The SMILES string of the molecule is O=C(Cc1cccc(F)c1)N1CCCC1CBr. The molecule has 92 valence electrons. The van der Waals surface area contributed by atoms with Gasteiger partial charge in [0.15, 0.2) is 0 Å². The highest BCUT2D eigenvalue weighted by Gasteiger charge is 2.27. The van der Waals surface area contributed by atoms with Crippen LogP contribution < -0.4 is 0 Å². The molecule has 0 aromatic heterocycles. The Hall–Kier alpha value is -0.900. The monoisotopic (exact) mass is 299 g/mol. The van der Waals surface area contributed by atoms with Crippen molar-refractivity contribution in [3.63, 3.8) is 0 Å². The van der Waals surface area contributed by atoms with Crippen LogP contribution in [0.2, 0.25) is 0 Å². The maximum atomic E-state index is 13.0. The fourth-order valence-corrected chi connectivity index (χ4v) is 2.92. The van der Waals surface area contributed by atoms with Crippen LogP contribution >= 0.6 is 15.9 Å². The molecule has 4 heteroatoms. The van der Waals surface area contributed by atoms with Gasteiger partial charge in [-0.05, 0) is 30.5 Å². The topological polar surface area (TPSA) is 20.3 Å². The molecule has 0 radical (unpaired) electrons. The highest BCUT2D eigenvalue weighted by Crippen LogP contribution is 2.20. The molecule has 2 nitrogen and oxygen atoms in total. The number of halogens is 2. The van der Waals surface area contributed by atoms with Crippen molar-refractivity contribution in [2.45, 2.75) is 25.3 Å². The number of hydrogen-bond acceptors (Lipinski definition) is 1. The third-order valence-corrected chi connectivity index (χ3v) is 3.87. The minimum Gasteiger partial charge on any atom is -0.339 e. The summed E-state index contributed by atoms with van der Waals surface area (Å²) in [6, 6.07) is 6.56. The Kier molecular flexibility index (Phi) is 4.15. The molecule has 1 atom stereocenters. The predicted octanol–water partition coefficient (Wildman–Crippen LogP) is 2.75. The number of amides is 1. The first-order valence-electron chi connectivity index (χ1n) is 5.80. The number of alkyl halides is 1. The molecule has 1 aromatic rings. The molecule has 1 saturated heterocycles.